The number of hydrogen-bond donors (Lipinski definition) is 3. The van der Waals surface area contributed by atoms with Crippen LogP contribution in [0.3, 0.4) is 0 Å². The SMILES string of the molecule is CC1(C)Oc2cc3c(cc2[C@H](NCCc2ccccc2)[C@H]1O)NC(=O)CO3. The van der Waals surface area contributed by atoms with Gasteiger partial charge in [-0.2, -0.15) is 0 Å². The molecule has 2 heterocycles. The van der Waals surface area contributed by atoms with E-state index in [9.17, 15) is 9.90 Å². The number of benzene rings is 2. The van der Waals surface area contributed by atoms with Crippen molar-refractivity contribution < 1.29 is 19.4 Å². The Morgan fingerprint density at radius 2 is 2.00 bits per heavy atom. The maximum Gasteiger partial charge on any atom is 0.262 e. The highest BCUT2D eigenvalue weighted by molar-refractivity contribution is 5.95. The summed E-state index contributed by atoms with van der Waals surface area (Å²) < 4.78 is 11.5. The molecule has 3 N–H and O–H groups in total. The van der Waals surface area contributed by atoms with Crippen molar-refractivity contribution in [2.75, 3.05) is 18.5 Å². The van der Waals surface area contributed by atoms with Gasteiger partial charge in [-0.05, 0) is 38.4 Å². The minimum Gasteiger partial charge on any atom is -0.485 e. The number of anilines is 1. The van der Waals surface area contributed by atoms with Crippen LogP contribution in [0.25, 0.3) is 0 Å². The first-order chi connectivity index (χ1) is 12.9. The molecule has 142 valence electrons. The minimum absolute atomic E-state index is 0.00341. The van der Waals surface area contributed by atoms with Crippen molar-refractivity contribution in [2.24, 2.45) is 0 Å². The average Bonchev–Trinajstić information content (AvgIpc) is 2.64. The summed E-state index contributed by atoms with van der Waals surface area (Å²) in [7, 11) is 0. The van der Waals surface area contributed by atoms with E-state index < -0.39 is 11.7 Å². The number of rotatable bonds is 4. The number of nitrogens with one attached hydrogen (secondary N) is 2. The van der Waals surface area contributed by atoms with Crippen molar-refractivity contribution >= 4 is 11.6 Å². The summed E-state index contributed by atoms with van der Waals surface area (Å²) in [6, 6.07) is 13.5. The molecule has 0 saturated heterocycles. The van der Waals surface area contributed by atoms with Crippen molar-refractivity contribution in [1.29, 1.82) is 0 Å². The molecule has 27 heavy (non-hydrogen) atoms. The number of carbonyl (C=O) groups is 1. The molecule has 0 saturated carbocycles. The van der Waals surface area contributed by atoms with Gasteiger partial charge in [-0.25, -0.2) is 0 Å². The molecule has 0 bridgehead atoms. The third-order valence-corrected chi connectivity index (χ3v) is 5.10. The lowest BCUT2D eigenvalue weighted by atomic mass is 9.86. The van der Waals surface area contributed by atoms with Crippen LogP contribution >= 0.6 is 0 Å². The van der Waals surface area contributed by atoms with Gasteiger partial charge in [0.2, 0.25) is 0 Å². The van der Waals surface area contributed by atoms with Gasteiger partial charge in [-0.3, -0.25) is 4.79 Å². The first kappa shape index (κ1) is 17.8. The number of ether oxygens (including phenoxy) is 2. The monoisotopic (exact) mass is 368 g/mol. The second kappa shape index (κ2) is 6.87. The van der Waals surface area contributed by atoms with Crippen LogP contribution in [0.4, 0.5) is 5.69 Å². The molecule has 6 nitrogen and oxygen atoms in total. The molecule has 1 amide bonds. The molecule has 0 spiro atoms. The molecular weight excluding hydrogens is 344 g/mol. The number of fused-ring (bicyclic) bond motifs is 2. The predicted molar refractivity (Wildman–Crippen MR) is 102 cm³/mol. The molecule has 2 aromatic rings. The maximum atomic E-state index is 11.6. The highest BCUT2D eigenvalue weighted by Gasteiger charge is 2.43. The zero-order valence-electron chi connectivity index (χ0n) is 15.5. The average molecular weight is 368 g/mol. The standard InChI is InChI=1S/C21H24N2O4/c1-21(2)20(25)19(22-9-8-13-6-4-3-5-7-13)14-10-15-17(11-16(14)27-21)26-12-18(24)23-15/h3-7,10-11,19-20,22,25H,8-9,12H2,1-2H3,(H,23,24)/t19-,20+/m0/s1. The number of carbonyl (C=O) groups excluding carboxylic acids is 1. The van der Waals surface area contributed by atoms with Gasteiger partial charge in [0.25, 0.3) is 5.91 Å². The topological polar surface area (TPSA) is 79.8 Å². The molecule has 2 aliphatic heterocycles. The quantitative estimate of drug-likeness (QED) is 0.772. The second-order valence-corrected chi connectivity index (χ2v) is 7.54. The van der Waals surface area contributed by atoms with E-state index in [-0.39, 0.29) is 18.6 Å². The summed E-state index contributed by atoms with van der Waals surface area (Å²) in [5.74, 6) is 1.06. The van der Waals surface area contributed by atoms with E-state index in [1.807, 2.05) is 38.1 Å². The summed E-state index contributed by atoms with van der Waals surface area (Å²) in [5, 5.41) is 17.2. The van der Waals surface area contributed by atoms with Gasteiger partial charge in [0.15, 0.2) is 6.61 Å². The summed E-state index contributed by atoms with van der Waals surface area (Å²) in [6.07, 6.45) is 0.116. The first-order valence-electron chi connectivity index (χ1n) is 9.19. The Labute approximate surface area is 158 Å². The van der Waals surface area contributed by atoms with Gasteiger partial charge in [0.05, 0.1) is 11.7 Å². The molecule has 0 radical (unpaired) electrons. The highest BCUT2D eigenvalue weighted by atomic mass is 16.5. The molecule has 0 fully saturated rings. The van der Waals surface area contributed by atoms with Crippen LogP contribution in [0.1, 0.15) is 31.0 Å². The van der Waals surface area contributed by atoms with Crippen LogP contribution in [-0.4, -0.2) is 35.9 Å². The fourth-order valence-electron chi connectivity index (χ4n) is 3.61. The fourth-order valence-corrected chi connectivity index (χ4v) is 3.61. The van der Waals surface area contributed by atoms with Gasteiger partial charge in [0.1, 0.15) is 23.2 Å². The van der Waals surface area contributed by atoms with Gasteiger partial charge < -0.3 is 25.2 Å². The van der Waals surface area contributed by atoms with Crippen molar-refractivity contribution in [3.05, 3.63) is 53.6 Å². The largest absolute Gasteiger partial charge is 0.485 e. The number of amides is 1. The molecular formula is C21H24N2O4. The van der Waals surface area contributed by atoms with E-state index in [1.54, 1.807) is 6.07 Å². The Kier molecular flexibility index (Phi) is 4.53. The number of aliphatic hydroxyl groups is 1. The van der Waals surface area contributed by atoms with E-state index in [1.165, 1.54) is 5.56 Å². The normalized spacial score (nSPS) is 22.7. The van der Waals surface area contributed by atoms with Gasteiger partial charge in [-0.1, -0.05) is 30.3 Å². The van der Waals surface area contributed by atoms with Crippen molar-refractivity contribution in [1.82, 2.24) is 5.32 Å². The number of aliphatic hydroxyl groups excluding tert-OH is 1. The van der Waals surface area contributed by atoms with Gasteiger partial charge in [-0.15, -0.1) is 0 Å². The van der Waals surface area contributed by atoms with E-state index in [4.69, 9.17) is 9.47 Å². The van der Waals surface area contributed by atoms with Crippen molar-refractivity contribution in [3.63, 3.8) is 0 Å². The smallest absolute Gasteiger partial charge is 0.262 e. The first-order valence-corrected chi connectivity index (χ1v) is 9.19. The summed E-state index contributed by atoms with van der Waals surface area (Å²) >= 11 is 0. The Morgan fingerprint density at radius 3 is 2.78 bits per heavy atom. The molecule has 2 aromatic carbocycles. The van der Waals surface area contributed by atoms with E-state index >= 15 is 0 Å². The zero-order chi connectivity index (χ0) is 19.0. The molecule has 0 aliphatic carbocycles. The summed E-state index contributed by atoms with van der Waals surface area (Å²) in [6.45, 7) is 4.45. The molecule has 2 atom stereocenters. The van der Waals surface area contributed by atoms with E-state index in [2.05, 4.69) is 22.8 Å². The fraction of sp³-hybridized carbons (Fsp3) is 0.381. The lowest BCUT2D eigenvalue weighted by Crippen LogP contribution is -2.52. The van der Waals surface area contributed by atoms with Crippen LogP contribution in [-0.2, 0) is 11.2 Å². The minimum atomic E-state index is -0.746. The zero-order valence-corrected chi connectivity index (χ0v) is 15.5. The Bertz CT molecular complexity index is 851. The van der Waals surface area contributed by atoms with E-state index in [0.29, 0.717) is 23.7 Å². The maximum absolute atomic E-state index is 11.6. The third-order valence-electron chi connectivity index (χ3n) is 5.10. The van der Waals surface area contributed by atoms with Crippen LogP contribution in [0, 0.1) is 0 Å². The van der Waals surface area contributed by atoms with E-state index in [0.717, 1.165) is 12.0 Å². The van der Waals surface area contributed by atoms with Crippen LogP contribution in [0.2, 0.25) is 0 Å². The molecule has 4 rings (SSSR count). The Morgan fingerprint density at radius 1 is 1.22 bits per heavy atom. The molecule has 2 aliphatic rings. The predicted octanol–water partition coefficient (Wildman–Crippen LogP) is 2.42. The van der Waals surface area contributed by atoms with Crippen LogP contribution in [0.5, 0.6) is 11.5 Å². The Balaban J connectivity index is 1.60. The lowest BCUT2D eigenvalue weighted by Gasteiger charge is -2.43. The number of hydrogen-bond acceptors (Lipinski definition) is 5. The van der Waals surface area contributed by atoms with Crippen LogP contribution in [0.15, 0.2) is 42.5 Å². The highest BCUT2D eigenvalue weighted by Crippen LogP contribution is 2.45. The third kappa shape index (κ3) is 3.50. The van der Waals surface area contributed by atoms with Gasteiger partial charge >= 0.3 is 0 Å². The van der Waals surface area contributed by atoms with Crippen molar-refractivity contribution in [2.45, 2.75) is 38.0 Å². The molecule has 0 unspecified atom stereocenters. The van der Waals surface area contributed by atoms with Crippen LogP contribution < -0.4 is 20.1 Å². The van der Waals surface area contributed by atoms with Gasteiger partial charge in [0, 0.05) is 11.6 Å². The Hall–Kier alpha value is -2.57. The summed E-state index contributed by atoms with van der Waals surface area (Å²) in [5.41, 5.74) is 1.91. The molecule has 0 aromatic heterocycles. The van der Waals surface area contributed by atoms with Crippen molar-refractivity contribution in [3.8, 4) is 11.5 Å². The second-order valence-electron chi connectivity index (χ2n) is 7.54. The summed E-state index contributed by atoms with van der Waals surface area (Å²) in [4.78, 5) is 11.6. The molecule has 6 heteroatoms. The lowest BCUT2D eigenvalue weighted by molar-refractivity contribution is -0.118.